The molecule has 2 N–H and O–H groups in total. The van der Waals surface area contributed by atoms with Crippen LogP contribution in [-0.4, -0.2) is 33.2 Å². The van der Waals surface area contributed by atoms with Crippen LogP contribution in [0.2, 0.25) is 0 Å². The van der Waals surface area contributed by atoms with Crippen LogP contribution >= 0.6 is 11.5 Å². The van der Waals surface area contributed by atoms with Gasteiger partial charge in [-0.05, 0) is 23.4 Å². The largest absolute Gasteiger partial charge is 0.391 e. The first-order valence-corrected chi connectivity index (χ1v) is 6.49. The van der Waals surface area contributed by atoms with Gasteiger partial charge in [-0.3, -0.25) is 4.79 Å². The Morgan fingerprint density at radius 1 is 1.41 bits per heavy atom. The van der Waals surface area contributed by atoms with Crippen LogP contribution in [0.5, 0.6) is 0 Å². The lowest BCUT2D eigenvalue weighted by Crippen LogP contribution is -2.34. The number of amides is 1. The molecule has 1 amide bonds. The van der Waals surface area contributed by atoms with E-state index in [1.54, 1.807) is 0 Å². The summed E-state index contributed by atoms with van der Waals surface area (Å²) >= 11 is 1.09. The van der Waals surface area contributed by atoms with Gasteiger partial charge in [0.2, 0.25) is 0 Å². The van der Waals surface area contributed by atoms with Crippen LogP contribution in [0.25, 0.3) is 0 Å². The first-order valence-electron chi connectivity index (χ1n) is 5.72. The van der Waals surface area contributed by atoms with Crippen LogP contribution in [-0.2, 0) is 0 Å². The summed E-state index contributed by atoms with van der Waals surface area (Å²) < 4.78 is 3.80. The normalized spacial score (nSPS) is 13.1. The molecule has 0 spiro atoms. The van der Waals surface area contributed by atoms with E-state index >= 15 is 0 Å². The third-order valence-corrected chi connectivity index (χ3v) is 3.25. The molecule has 0 saturated heterocycles. The van der Waals surface area contributed by atoms with E-state index in [1.807, 2.05) is 27.7 Å². The van der Waals surface area contributed by atoms with E-state index in [1.165, 1.54) is 0 Å². The van der Waals surface area contributed by atoms with Gasteiger partial charge in [0.1, 0.15) is 4.88 Å². The highest BCUT2D eigenvalue weighted by atomic mass is 32.1. The van der Waals surface area contributed by atoms with E-state index < -0.39 is 6.10 Å². The third-order valence-electron chi connectivity index (χ3n) is 2.51. The molecule has 0 fully saturated rings. The molecule has 1 rings (SSSR count). The minimum absolute atomic E-state index is 0.124. The van der Waals surface area contributed by atoms with Crippen LogP contribution < -0.4 is 5.32 Å². The van der Waals surface area contributed by atoms with Gasteiger partial charge in [0, 0.05) is 6.54 Å². The Labute approximate surface area is 105 Å². The summed E-state index contributed by atoms with van der Waals surface area (Å²) in [5.41, 5.74) is 0.714. The second-order valence-corrected chi connectivity index (χ2v) is 5.42. The molecular formula is C11H19N3O2S. The fourth-order valence-corrected chi connectivity index (χ4v) is 1.98. The summed E-state index contributed by atoms with van der Waals surface area (Å²) in [4.78, 5) is 12.4. The van der Waals surface area contributed by atoms with Gasteiger partial charge in [0.15, 0.2) is 0 Å². The highest BCUT2D eigenvalue weighted by molar-refractivity contribution is 7.08. The number of nitrogens with one attached hydrogen (secondary N) is 1. The molecule has 5 nitrogen and oxygen atoms in total. The minimum atomic E-state index is -0.526. The topological polar surface area (TPSA) is 75.1 Å². The highest BCUT2D eigenvalue weighted by Gasteiger charge is 2.19. The summed E-state index contributed by atoms with van der Waals surface area (Å²) in [6.45, 7) is 8.01. The molecule has 0 aliphatic rings. The molecule has 1 atom stereocenters. The number of hydrogen-bond donors (Lipinski definition) is 2. The van der Waals surface area contributed by atoms with Gasteiger partial charge in [0.05, 0.1) is 11.8 Å². The summed E-state index contributed by atoms with van der Waals surface area (Å²) in [7, 11) is 0. The predicted octanol–water partition coefficient (Wildman–Crippen LogP) is 1.41. The lowest BCUT2D eigenvalue weighted by molar-refractivity contribution is 0.0874. The Bertz CT molecular complexity index is 377. The lowest BCUT2D eigenvalue weighted by Gasteiger charge is -2.14. The Morgan fingerprint density at radius 3 is 2.59 bits per heavy atom. The van der Waals surface area contributed by atoms with Crippen LogP contribution in [0.15, 0.2) is 0 Å². The van der Waals surface area contributed by atoms with E-state index in [9.17, 15) is 9.90 Å². The second kappa shape index (κ2) is 6.07. The Kier molecular flexibility index (Phi) is 5.02. The zero-order valence-electron chi connectivity index (χ0n) is 10.6. The molecule has 1 heterocycles. The molecular weight excluding hydrogens is 238 g/mol. The van der Waals surface area contributed by atoms with Gasteiger partial charge in [-0.1, -0.05) is 32.2 Å². The molecule has 17 heavy (non-hydrogen) atoms. The van der Waals surface area contributed by atoms with Crippen molar-refractivity contribution in [3.63, 3.8) is 0 Å². The average Bonchev–Trinajstić information content (AvgIpc) is 2.73. The lowest BCUT2D eigenvalue weighted by atomic mass is 10.1. The second-order valence-electron chi connectivity index (χ2n) is 4.66. The smallest absolute Gasteiger partial charge is 0.265 e. The van der Waals surface area contributed by atoms with Crippen molar-refractivity contribution in [1.82, 2.24) is 14.9 Å². The van der Waals surface area contributed by atoms with Crippen molar-refractivity contribution < 1.29 is 9.90 Å². The average molecular weight is 257 g/mol. The van der Waals surface area contributed by atoms with Gasteiger partial charge in [0.25, 0.3) is 5.91 Å². The van der Waals surface area contributed by atoms with Crippen LogP contribution in [0.1, 0.15) is 49.0 Å². The maximum atomic E-state index is 11.9. The molecule has 0 saturated carbocycles. The summed E-state index contributed by atoms with van der Waals surface area (Å²) in [5.74, 6) is 0.0902. The highest BCUT2D eigenvalue weighted by Crippen LogP contribution is 2.19. The fourth-order valence-electron chi connectivity index (χ4n) is 1.25. The molecule has 6 heteroatoms. The predicted molar refractivity (Wildman–Crippen MR) is 67.2 cm³/mol. The number of rotatable bonds is 5. The van der Waals surface area contributed by atoms with Crippen molar-refractivity contribution >= 4 is 17.4 Å². The van der Waals surface area contributed by atoms with Crippen molar-refractivity contribution in [2.45, 2.75) is 39.7 Å². The molecule has 1 unspecified atom stereocenters. The van der Waals surface area contributed by atoms with E-state index in [0.29, 0.717) is 10.6 Å². The molecule has 1 aromatic heterocycles. The van der Waals surface area contributed by atoms with Crippen molar-refractivity contribution in [2.24, 2.45) is 5.92 Å². The molecule has 0 aliphatic carbocycles. The van der Waals surface area contributed by atoms with Crippen molar-refractivity contribution in [1.29, 1.82) is 0 Å². The summed E-state index contributed by atoms with van der Waals surface area (Å²) in [6, 6.07) is 0. The summed E-state index contributed by atoms with van der Waals surface area (Å²) in [5, 5.41) is 16.3. The zero-order chi connectivity index (χ0) is 13.0. The number of aromatic nitrogens is 2. The maximum absolute atomic E-state index is 11.9. The van der Waals surface area contributed by atoms with Crippen molar-refractivity contribution in [2.75, 3.05) is 6.54 Å². The minimum Gasteiger partial charge on any atom is -0.391 e. The van der Waals surface area contributed by atoms with Gasteiger partial charge in [-0.2, -0.15) is 0 Å². The number of carbonyl (C=O) groups is 1. The van der Waals surface area contributed by atoms with Gasteiger partial charge >= 0.3 is 0 Å². The zero-order valence-corrected chi connectivity index (χ0v) is 11.4. The van der Waals surface area contributed by atoms with E-state index in [-0.39, 0.29) is 24.3 Å². The molecule has 0 aromatic carbocycles. The standard InChI is InChI=1S/C11H19N3O2S/c1-6(2)8(15)5-12-11(16)10-9(7(3)4)13-14-17-10/h6-8,15H,5H2,1-4H3,(H,12,16). The first kappa shape index (κ1) is 14.1. The van der Waals surface area contributed by atoms with Gasteiger partial charge in [-0.25, -0.2) is 0 Å². The van der Waals surface area contributed by atoms with Gasteiger partial charge < -0.3 is 10.4 Å². The van der Waals surface area contributed by atoms with E-state index in [4.69, 9.17) is 0 Å². The monoisotopic (exact) mass is 257 g/mol. The Morgan fingerprint density at radius 2 is 2.06 bits per heavy atom. The number of carbonyl (C=O) groups excluding carboxylic acids is 1. The number of hydrogen-bond acceptors (Lipinski definition) is 5. The molecule has 1 aromatic rings. The summed E-state index contributed by atoms with van der Waals surface area (Å²) in [6.07, 6.45) is -0.526. The first-order chi connectivity index (χ1) is 7.93. The van der Waals surface area contributed by atoms with Crippen molar-refractivity contribution in [3.8, 4) is 0 Å². The number of aliphatic hydroxyl groups is 1. The SMILES string of the molecule is CC(C)c1nnsc1C(=O)NCC(O)C(C)C. The Hall–Kier alpha value is -1.01. The van der Waals surface area contributed by atoms with Crippen LogP contribution in [0.3, 0.4) is 0 Å². The Balaban J connectivity index is 2.61. The quantitative estimate of drug-likeness (QED) is 0.836. The maximum Gasteiger partial charge on any atom is 0.265 e. The molecule has 96 valence electrons. The third kappa shape index (κ3) is 3.74. The number of nitrogens with zero attached hydrogens (tertiary/aromatic N) is 2. The van der Waals surface area contributed by atoms with E-state index in [0.717, 1.165) is 11.5 Å². The molecule has 0 aliphatic heterocycles. The van der Waals surface area contributed by atoms with Crippen LogP contribution in [0, 0.1) is 5.92 Å². The van der Waals surface area contributed by atoms with E-state index in [2.05, 4.69) is 14.9 Å². The molecule has 0 radical (unpaired) electrons. The van der Waals surface area contributed by atoms with Crippen molar-refractivity contribution in [3.05, 3.63) is 10.6 Å². The fraction of sp³-hybridized carbons (Fsp3) is 0.727. The van der Waals surface area contributed by atoms with Gasteiger partial charge in [-0.15, -0.1) is 5.10 Å². The number of aliphatic hydroxyl groups excluding tert-OH is 1. The van der Waals surface area contributed by atoms with Crippen LogP contribution in [0.4, 0.5) is 0 Å². The molecule has 0 bridgehead atoms.